The summed E-state index contributed by atoms with van der Waals surface area (Å²) in [6, 6.07) is 5.03. The van der Waals surface area contributed by atoms with Crippen LogP contribution in [0.5, 0.6) is 0 Å². The highest BCUT2D eigenvalue weighted by molar-refractivity contribution is 7.11. The SMILES string of the molecule is CCNC(=NCCC(=O)NC1CCCCC1)NC(C)Cc1ccc(C)s1. The maximum Gasteiger partial charge on any atom is 0.222 e. The number of nitrogens with zero attached hydrogens (tertiary/aromatic N) is 1. The summed E-state index contributed by atoms with van der Waals surface area (Å²) in [5.41, 5.74) is 0. The van der Waals surface area contributed by atoms with Crippen molar-refractivity contribution in [1.29, 1.82) is 0 Å². The molecule has 0 aliphatic heterocycles. The molecule has 1 aliphatic carbocycles. The van der Waals surface area contributed by atoms with Gasteiger partial charge in [-0.05, 0) is 45.7 Å². The van der Waals surface area contributed by atoms with Gasteiger partial charge < -0.3 is 16.0 Å². The lowest BCUT2D eigenvalue weighted by atomic mass is 9.95. The number of nitrogens with one attached hydrogen (secondary N) is 3. The molecular weight excluding hydrogens is 344 g/mol. The highest BCUT2D eigenvalue weighted by Crippen LogP contribution is 2.17. The van der Waals surface area contributed by atoms with Crippen LogP contribution < -0.4 is 16.0 Å². The van der Waals surface area contributed by atoms with Crippen LogP contribution in [0.3, 0.4) is 0 Å². The van der Waals surface area contributed by atoms with Crippen LogP contribution in [-0.2, 0) is 11.2 Å². The van der Waals surface area contributed by atoms with E-state index in [2.05, 4.69) is 53.8 Å². The summed E-state index contributed by atoms with van der Waals surface area (Å²) in [5, 5.41) is 9.87. The molecule has 1 unspecified atom stereocenters. The Kier molecular flexibility index (Phi) is 8.95. The smallest absolute Gasteiger partial charge is 0.222 e. The zero-order valence-corrected chi connectivity index (χ0v) is 17.3. The van der Waals surface area contributed by atoms with Crippen molar-refractivity contribution in [2.24, 2.45) is 4.99 Å². The maximum atomic E-state index is 12.1. The first-order chi connectivity index (χ1) is 12.6. The minimum absolute atomic E-state index is 0.124. The second-order valence-corrected chi connectivity index (χ2v) is 8.55. The number of rotatable bonds is 8. The standard InChI is InChI=1S/C20H34N4OS/c1-4-21-20(23-15(2)14-18-11-10-16(3)26-18)22-13-12-19(25)24-17-8-6-5-7-9-17/h10-11,15,17H,4-9,12-14H2,1-3H3,(H,24,25)(H2,21,22,23). The number of amides is 1. The first kappa shape index (κ1) is 20.7. The third-order valence-electron chi connectivity index (χ3n) is 4.61. The van der Waals surface area contributed by atoms with Crippen LogP contribution >= 0.6 is 11.3 Å². The number of carbonyl (C=O) groups is 1. The van der Waals surface area contributed by atoms with Gasteiger partial charge in [0.25, 0.3) is 0 Å². The van der Waals surface area contributed by atoms with Gasteiger partial charge in [0, 0.05) is 41.2 Å². The summed E-state index contributed by atoms with van der Waals surface area (Å²) in [5.74, 6) is 0.914. The third-order valence-corrected chi connectivity index (χ3v) is 5.63. The molecule has 2 rings (SSSR count). The van der Waals surface area contributed by atoms with Gasteiger partial charge in [-0.1, -0.05) is 19.3 Å². The van der Waals surface area contributed by atoms with Crippen molar-refractivity contribution in [3.8, 4) is 0 Å². The predicted molar refractivity (Wildman–Crippen MR) is 111 cm³/mol. The van der Waals surface area contributed by atoms with Crippen molar-refractivity contribution >= 4 is 23.2 Å². The quantitative estimate of drug-likeness (QED) is 0.480. The molecule has 1 fully saturated rings. The molecule has 1 aliphatic rings. The predicted octanol–water partition coefficient (Wildman–Crippen LogP) is 3.38. The lowest BCUT2D eigenvalue weighted by Gasteiger charge is -2.22. The Hall–Kier alpha value is -1.56. The van der Waals surface area contributed by atoms with E-state index in [0.717, 1.165) is 31.8 Å². The van der Waals surface area contributed by atoms with E-state index in [0.29, 0.717) is 25.0 Å². The van der Waals surface area contributed by atoms with Gasteiger partial charge in [0.1, 0.15) is 0 Å². The molecule has 3 N–H and O–H groups in total. The van der Waals surface area contributed by atoms with Gasteiger partial charge in [0.2, 0.25) is 5.91 Å². The van der Waals surface area contributed by atoms with Gasteiger partial charge in [0.15, 0.2) is 5.96 Å². The molecule has 6 heteroatoms. The summed E-state index contributed by atoms with van der Waals surface area (Å²) in [7, 11) is 0. The molecule has 1 heterocycles. The first-order valence-electron chi connectivity index (χ1n) is 9.96. The third kappa shape index (κ3) is 7.77. The number of carbonyl (C=O) groups excluding carboxylic acids is 1. The number of hydrogen-bond acceptors (Lipinski definition) is 3. The highest BCUT2D eigenvalue weighted by Gasteiger charge is 2.15. The average molecular weight is 379 g/mol. The first-order valence-corrected chi connectivity index (χ1v) is 10.8. The molecule has 1 atom stereocenters. The van der Waals surface area contributed by atoms with E-state index in [9.17, 15) is 4.79 Å². The summed E-state index contributed by atoms with van der Waals surface area (Å²) in [4.78, 5) is 19.4. The van der Waals surface area contributed by atoms with Crippen LogP contribution in [0.25, 0.3) is 0 Å². The number of aryl methyl sites for hydroxylation is 1. The van der Waals surface area contributed by atoms with Crippen molar-refractivity contribution < 1.29 is 4.79 Å². The Morgan fingerprint density at radius 3 is 2.73 bits per heavy atom. The Labute approximate surface area is 162 Å². The van der Waals surface area contributed by atoms with Crippen LogP contribution in [0.2, 0.25) is 0 Å². The van der Waals surface area contributed by atoms with Gasteiger partial charge >= 0.3 is 0 Å². The van der Waals surface area contributed by atoms with E-state index < -0.39 is 0 Å². The van der Waals surface area contributed by atoms with E-state index in [1.165, 1.54) is 29.0 Å². The van der Waals surface area contributed by atoms with Gasteiger partial charge in [-0.15, -0.1) is 11.3 Å². The zero-order chi connectivity index (χ0) is 18.8. The van der Waals surface area contributed by atoms with E-state index in [1.54, 1.807) is 0 Å². The fourth-order valence-electron chi connectivity index (χ4n) is 3.32. The Bertz CT molecular complexity index is 578. The van der Waals surface area contributed by atoms with Crippen LogP contribution in [0, 0.1) is 6.92 Å². The van der Waals surface area contributed by atoms with Crippen molar-refractivity contribution in [2.75, 3.05) is 13.1 Å². The number of aliphatic imine (C=N–C) groups is 1. The summed E-state index contributed by atoms with van der Waals surface area (Å²) >= 11 is 1.84. The molecule has 146 valence electrons. The van der Waals surface area contributed by atoms with E-state index in [-0.39, 0.29) is 5.91 Å². The molecule has 1 amide bonds. The van der Waals surface area contributed by atoms with Crippen LogP contribution in [-0.4, -0.2) is 37.0 Å². The summed E-state index contributed by atoms with van der Waals surface area (Å²) in [6.07, 6.45) is 7.45. The molecule has 0 spiro atoms. The van der Waals surface area contributed by atoms with Crippen LogP contribution in [0.15, 0.2) is 17.1 Å². The normalized spacial score (nSPS) is 17.0. The number of thiophene rings is 1. The number of hydrogen-bond donors (Lipinski definition) is 3. The molecular formula is C20H34N4OS. The van der Waals surface area contributed by atoms with E-state index in [4.69, 9.17) is 0 Å². The zero-order valence-electron chi connectivity index (χ0n) is 16.4. The van der Waals surface area contributed by atoms with Gasteiger partial charge in [-0.25, -0.2) is 0 Å². The van der Waals surface area contributed by atoms with Gasteiger partial charge in [0.05, 0.1) is 6.54 Å². The molecule has 1 aromatic heterocycles. The summed E-state index contributed by atoms with van der Waals surface area (Å²) in [6.45, 7) is 7.68. The Balaban J connectivity index is 1.74. The minimum atomic E-state index is 0.124. The molecule has 0 bridgehead atoms. The lowest BCUT2D eigenvalue weighted by molar-refractivity contribution is -0.121. The topological polar surface area (TPSA) is 65.5 Å². The highest BCUT2D eigenvalue weighted by atomic mass is 32.1. The van der Waals surface area contributed by atoms with E-state index >= 15 is 0 Å². The van der Waals surface area contributed by atoms with Gasteiger partial charge in [-0.2, -0.15) is 0 Å². The van der Waals surface area contributed by atoms with Crippen molar-refractivity contribution in [2.45, 2.75) is 77.8 Å². The average Bonchev–Trinajstić information content (AvgIpc) is 3.00. The van der Waals surface area contributed by atoms with Crippen LogP contribution in [0.1, 0.15) is 62.1 Å². The van der Waals surface area contributed by atoms with Gasteiger partial charge in [-0.3, -0.25) is 9.79 Å². The lowest BCUT2D eigenvalue weighted by Crippen LogP contribution is -2.43. The molecule has 0 aromatic carbocycles. The van der Waals surface area contributed by atoms with E-state index in [1.807, 2.05) is 11.3 Å². The Morgan fingerprint density at radius 2 is 2.08 bits per heavy atom. The molecule has 0 radical (unpaired) electrons. The minimum Gasteiger partial charge on any atom is -0.357 e. The Morgan fingerprint density at radius 1 is 1.31 bits per heavy atom. The molecule has 0 saturated heterocycles. The molecule has 26 heavy (non-hydrogen) atoms. The maximum absolute atomic E-state index is 12.1. The van der Waals surface area contributed by atoms with Crippen molar-refractivity contribution in [3.63, 3.8) is 0 Å². The number of guanidine groups is 1. The largest absolute Gasteiger partial charge is 0.357 e. The van der Waals surface area contributed by atoms with Crippen molar-refractivity contribution in [3.05, 3.63) is 21.9 Å². The van der Waals surface area contributed by atoms with Crippen molar-refractivity contribution in [1.82, 2.24) is 16.0 Å². The summed E-state index contributed by atoms with van der Waals surface area (Å²) < 4.78 is 0. The second-order valence-electron chi connectivity index (χ2n) is 7.17. The van der Waals surface area contributed by atoms with Crippen LogP contribution in [0.4, 0.5) is 0 Å². The molecule has 1 saturated carbocycles. The fourth-order valence-corrected chi connectivity index (χ4v) is 4.34. The second kappa shape index (κ2) is 11.2. The monoisotopic (exact) mass is 378 g/mol. The molecule has 5 nitrogen and oxygen atoms in total. The fraction of sp³-hybridized carbons (Fsp3) is 0.700. The molecule has 1 aromatic rings.